The molecule has 1 aromatic carbocycles. The monoisotopic (exact) mass is 473 g/mol. The Morgan fingerprint density at radius 3 is 2.29 bits per heavy atom. The van der Waals surface area contributed by atoms with Gasteiger partial charge in [0.05, 0.1) is 5.41 Å². The van der Waals surface area contributed by atoms with Crippen LogP contribution < -0.4 is 4.90 Å². The van der Waals surface area contributed by atoms with Crippen LogP contribution in [0.1, 0.15) is 82.0 Å². The van der Waals surface area contributed by atoms with Gasteiger partial charge in [-0.2, -0.15) is 13.8 Å². The molecule has 0 atom stereocenters. The highest BCUT2D eigenvalue weighted by Crippen LogP contribution is 2.70. The molecule has 6 aliphatic carbocycles. The van der Waals surface area contributed by atoms with Crippen molar-refractivity contribution >= 4 is 11.6 Å². The van der Waals surface area contributed by atoms with E-state index in [0.717, 1.165) is 56.7 Å². The number of carbonyl (C=O) groups excluding carboxylic acids is 1. The number of anilines is 1. The number of fused-ring (bicyclic) bond motifs is 3. The minimum Gasteiger partial charge on any atom is -0.333 e. The summed E-state index contributed by atoms with van der Waals surface area (Å²) in [7, 11) is 0. The van der Waals surface area contributed by atoms with Gasteiger partial charge in [0, 0.05) is 24.6 Å². The van der Waals surface area contributed by atoms with Crippen LogP contribution >= 0.6 is 0 Å². The van der Waals surface area contributed by atoms with Crippen LogP contribution in [-0.4, -0.2) is 28.3 Å². The Hall–Kier alpha value is -2.38. The van der Waals surface area contributed by atoms with Gasteiger partial charge in [-0.15, -0.1) is 0 Å². The van der Waals surface area contributed by atoms with E-state index in [-0.39, 0.29) is 16.7 Å². The Balaban J connectivity index is 1.23. The average molecular weight is 474 g/mol. The first-order valence-electron chi connectivity index (χ1n) is 12.3. The lowest BCUT2D eigenvalue weighted by Gasteiger charge is -2.65. The Morgan fingerprint density at radius 2 is 1.76 bits per heavy atom. The lowest BCUT2D eigenvalue weighted by atomic mass is 9.41. The Kier molecular flexibility index (Phi) is 4.45. The van der Waals surface area contributed by atoms with E-state index in [2.05, 4.69) is 10.1 Å². The van der Waals surface area contributed by atoms with Crippen molar-refractivity contribution in [2.45, 2.75) is 88.6 Å². The first-order chi connectivity index (χ1) is 16.0. The highest BCUT2D eigenvalue weighted by molar-refractivity contribution is 6.00. The molecule has 1 amide bonds. The van der Waals surface area contributed by atoms with Gasteiger partial charge >= 0.3 is 5.92 Å². The molecule has 5 nitrogen and oxygen atoms in total. The topological polar surface area (TPSA) is 59.2 Å². The van der Waals surface area contributed by atoms with Crippen LogP contribution in [0.5, 0.6) is 0 Å². The number of nitrogens with zero attached hydrogens (tertiary/aromatic N) is 3. The van der Waals surface area contributed by atoms with Crippen molar-refractivity contribution in [2.75, 3.05) is 11.4 Å². The fourth-order valence-corrected chi connectivity index (χ4v) is 7.04. The van der Waals surface area contributed by atoms with E-state index in [1.54, 1.807) is 0 Å². The molecule has 0 spiro atoms. The van der Waals surface area contributed by atoms with Gasteiger partial charge in [0.15, 0.2) is 5.82 Å². The number of rotatable bonds is 6. The van der Waals surface area contributed by atoms with Crippen LogP contribution in [0.3, 0.4) is 0 Å². The molecule has 1 heterocycles. The van der Waals surface area contributed by atoms with Crippen LogP contribution in [0.25, 0.3) is 0 Å². The number of carbonyl (C=O) groups is 1. The highest BCUT2D eigenvalue weighted by Gasteiger charge is 2.73. The number of hydrogen-bond acceptors (Lipinski definition) is 4. The van der Waals surface area contributed by atoms with Crippen LogP contribution in [0.2, 0.25) is 0 Å². The van der Waals surface area contributed by atoms with E-state index in [1.807, 2.05) is 36.1 Å². The molecule has 0 aliphatic heterocycles. The molecule has 0 radical (unpaired) electrons. The second-order valence-corrected chi connectivity index (χ2v) is 11.8. The second-order valence-electron chi connectivity index (χ2n) is 11.8. The van der Waals surface area contributed by atoms with Crippen molar-refractivity contribution in [3.05, 3.63) is 41.5 Å². The maximum Gasteiger partial charge on any atom is 0.322 e. The minimum absolute atomic E-state index is 0.0423. The van der Waals surface area contributed by atoms with Crippen molar-refractivity contribution in [1.29, 1.82) is 0 Å². The largest absolute Gasteiger partial charge is 0.333 e. The summed E-state index contributed by atoms with van der Waals surface area (Å²) in [5, 5.41) is 3.94. The molecule has 2 aromatic rings. The summed E-state index contributed by atoms with van der Waals surface area (Å²) in [6, 6.07) is 7.98. The maximum atomic E-state index is 14.3. The zero-order valence-electron chi connectivity index (χ0n) is 19.7. The third-order valence-corrected chi connectivity index (χ3v) is 9.15. The Labute approximate surface area is 197 Å². The predicted octanol–water partition coefficient (Wildman–Crippen LogP) is 6.01. The van der Waals surface area contributed by atoms with Gasteiger partial charge in [-0.25, -0.2) is 4.39 Å². The van der Waals surface area contributed by atoms with Crippen molar-refractivity contribution in [3.63, 3.8) is 0 Å². The summed E-state index contributed by atoms with van der Waals surface area (Å²) in [6.45, 7) is 3.38. The lowest BCUT2D eigenvalue weighted by Crippen LogP contribution is -2.71. The fourth-order valence-electron chi connectivity index (χ4n) is 7.04. The normalized spacial score (nSPS) is 36.0. The second kappa shape index (κ2) is 6.85. The number of hydrogen-bond donors (Lipinski definition) is 0. The molecule has 0 saturated heterocycles. The number of alkyl halides is 3. The summed E-state index contributed by atoms with van der Waals surface area (Å²) in [6.07, 6.45) is 6.01. The van der Waals surface area contributed by atoms with E-state index in [9.17, 15) is 18.0 Å². The zero-order valence-corrected chi connectivity index (χ0v) is 19.7. The zero-order chi connectivity index (χ0) is 24.0. The quantitative estimate of drug-likeness (QED) is 0.516. The SMILES string of the molecule is Cc1cccc(N(CC23CCC(c4noc(C(C)(F)F)n4)(CC2)CC3)C(=O)C23CC(F)(C2)C3)c1. The average Bonchev–Trinajstić information content (AvgIpc) is 3.27. The van der Waals surface area contributed by atoms with Crippen molar-refractivity contribution in [3.8, 4) is 0 Å². The fraction of sp³-hybridized carbons (Fsp3) is 0.654. The third-order valence-electron chi connectivity index (χ3n) is 9.15. The van der Waals surface area contributed by atoms with Crippen LogP contribution in [0, 0.1) is 17.8 Å². The van der Waals surface area contributed by atoms with Gasteiger partial charge in [-0.05, 0) is 87.8 Å². The van der Waals surface area contributed by atoms with E-state index in [4.69, 9.17) is 4.52 Å². The van der Waals surface area contributed by atoms with Crippen molar-refractivity contribution in [1.82, 2.24) is 10.1 Å². The van der Waals surface area contributed by atoms with E-state index < -0.39 is 22.9 Å². The molecule has 182 valence electrons. The number of aryl methyl sites for hydroxylation is 1. The molecular weight excluding hydrogens is 443 g/mol. The molecule has 0 unspecified atom stereocenters. The van der Waals surface area contributed by atoms with Gasteiger partial charge < -0.3 is 9.42 Å². The molecule has 8 heteroatoms. The summed E-state index contributed by atoms with van der Waals surface area (Å²) >= 11 is 0. The molecule has 8 rings (SSSR count). The van der Waals surface area contributed by atoms with Crippen molar-refractivity contribution < 1.29 is 22.5 Å². The van der Waals surface area contributed by atoms with E-state index in [1.165, 1.54) is 0 Å². The number of benzene rings is 1. The van der Waals surface area contributed by atoms with E-state index in [0.29, 0.717) is 31.6 Å². The maximum absolute atomic E-state index is 14.3. The molecule has 4 bridgehead atoms. The smallest absolute Gasteiger partial charge is 0.322 e. The third kappa shape index (κ3) is 3.23. The first kappa shape index (κ1) is 22.1. The molecule has 34 heavy (non-hydrogen) atoms. The summed E-state index contributed by atoms with van der Waals surface area (Å²) in [5.41, 5.74) is -0.0676. The molecule has 6 aliphatic rings. The van der Waals surface area contributed by atoms with Gasteiger partial charge in [0.1, 0.15) is 5.67 Å². The number of halogens is 3. The molecule has 6 fully saturated rings. The summed E-state index contributed by atoms with van der Waals surface area (Å²) < 4.78 is 46.4. The summed E-state index contributed by atoms with van der Waals surface area (Å²) in [5.74, 6) is -3.32. The van der Waals surface area contributed by atoms with E-state index >= 15 is 0 Å². The van der Waals surface area contributed by atoms with Gasteiger partial charge in [-0.1, -0.05) is 17.3 Å². The predicted molar refractivity (Wildman–Crippen MR) is 119 cm³/mol. The van der Waals surface area contributed by atoms with Gasteiger partial charge in [0.2, 0.25) is 5.91 Å². The number of amides is 1. The molecule has 6 saturated carbocycles. The molecule has 1 aromatic heterocycles. The van der Waals surface area contributed by atoms with Gasteiger partial charge in [0.25, 0.3) is 5.89 Å². The Bertz CT molecular complexity index is 1110. The van der Waals surface area contributed by atoms with Crippen LogP contribution in [0.4, 0.5) is 18.9 Å². The van der Waals surface area contributed by atoms with Crippen LogP contribution in [-0.2, 0) is 16.1 Å². The van der Waals surface area contributed by atoms with Crippen LogP contribution in [0.15, 0.2) is 28.8 Å². The molecule has 0 N–H and O–H groups in total. The minimum atomic E-state index is -3.15. The standard InChI is InChI=1S/C26H30F3N3O2/c1-17-4-3-5-18(12-17)32(21(33)25-13-26(29,14-25)15-25)16-23-6-9-24(10-7-23,11-8-23)19-30-20(34-31-19)22(2,27)28/h3-5,12H,6-11,13-16H2,1-2H3. The van der Waals surface area contributed by atoms with Gasteiger partial charge in [-0.3, -0.25) is 4.79 Å². The summed E-state index contributed by atoms with van der Waals surface area (Å²) in [4.78, 5) is 19.7. The van der Waals surface area contributed by atoms with Crippen molar-refractivity contribution in [2.24, 2.45) is 10.8 Å². The molecular formula is C26H30F3N3O2. The highest BCUT2D eigenvalue weighted by atomic mass is 19.3. The first-order valence-corrected chi connectivity index (χ1v) is 12.3. The number of aromatic nitrogens is 2. The Morgan fingerprint density at radius 1 is 1.12 bits per heavy atom. The lowest BCUT2D eigenvalue weighted by molar-refractivity contribution is -0.211.